The molecule has 4 aromatic rings. The summed E-state index contributed by atoms with van der Waals surface area (Å²) in [5.74, 6) is -2.30. The maximum Gasteiger partial charge on any atom is 0.333 e. The highest BCUT2D eigenvalue weighted by molar-refractivity contribution is 7.14. The fourth-order valence-electron chi connectivity index (χ4n) is 5.76. The summed E-state index contributed by atoms with van der Waals surface area (Å²) < 4.78 is 21.6. The SMILES string of the molecule is CCCCCCO[C@@H](C)c1cccc(-c2csc(N(C(=O)c3cc(Cl)c(/C=C(\C)C(=O)OC)c(Cl)c3)C(=O)c3cc(Cl)c(/C=C(\C)C(=O)OC)c(Cl)c3)n2)c1OC. The molecule has 0 N–H and O–H groups in total. The number of hydrogen-bond donors (Lipinski definition) is 0. The summed E-state index contributed by atoms with van der Waals surface area (Å²) in [5.41, 5.74) is 2.71. The number of carbonyl (C=O) groups is 4. The minimum atomic E-state index is -0.825. The van der Waals surface area contributed by atoms with E-state index in [1.165, 1.54) is 64.5 Å². The molecule has 15 heteroatoms. The number of aromatic nitrogens is 1. The Kier molecular flexibility index (Phi) is 16.7. The van der Waals surface area contributed by atoms with Gasteiger partial charge in [-0.2, -0.15) is 0 Å². The summed E-state index contributed by atoms with van der Waals surface area (Å²) in [6.45, 7) is 7.76. The second kappa shape index (κ2) is 21.0. The highest BCUT2D eigenvalue weighted by atomic mass is 35.5. The molecule has 0 fully saturated rings. The van der Waals surface area contributed by atoms with E-state index in [1.54, 1.807) is 12.5 Å². The standard InChI is InChI=1S/C42H42Cl4N2O8S/c1-8-9-10-11-15-56-25(4)28-13-12-14-29(37(28)53-5)36-22-57-42(47-36)48(38(49)26-18-32(43)30(33(44)19-26)16-23(2)40(51)54-6)39(50)27-20-34(45)31(35(46)21-27)17-24(3)41(52)55-7/h12-14,16-22,25H,8-11,15H2,1-7H3/b23-16+,24-17+/t25-/m0/s1. The van der Waals surface area contributed by atoms with E-state index in [4.69, 9.17) is 70.3 Å². The molecular weight excluding hydrogens is 834 g/mol. The molecule has 1 aromatic heterocycles. The number of benzene rings is 3. The second-order valence-corrected chi connectivity index (χ2v) is 15.3. The third-order valence-corrected chi connectivity index (χ3v) is 10.9. The highest BCUT2D eigenvalue weighted by Gasteiger charge is 2.31. The van der Waals surface area contributed by atoms with Gasteiger partial charge in [-0.3, -0.25) is 9.59 Å². The predicted molar refractivity (Wildman–Crippen MR) is 228 cm³/mol. The molecule has 0 aliphatic carbocycles. The first-order valence-corrected chi connectivity index (χ1v) is 20.2. The Labute approximate surface area is 356 Å². The zero-order valence-corrected chi connectivity index (χ0v) is 36.3. The van der Waals surface area contributed by atoms with Crippen molar-refractivity contribution in [2.24, 2.45) is 0 Å². The monoisotopic (exact) mass is 874 g/mol. The molecule has 302 valence electrons. The number of nitrogens with zero attached hydrogens (tertiary/aromatic N) is 2. The Morgan fingerprint density at radius 1 is 0.789 bits per heavy atom. The number of rotatable bonds is 16. The number of hydrogen-bond acceptors (Lipinski definition) is 10. The third-order valence-electron chi connectivity index (χ3n) is 8.81. The van der Waals surface area contributed by atoms with Crippen molar-refractivity contribution >= 4 is 98.8 Å². The van der Waals surface area contributed by atoms with Gasteiger partial charge < -0.3 is 18.9 Å². The summed E-state index contributed by atoms with van der Waals surface area (Å²) in [6.07, 6.45) is 6.88. The summed E-state index contributed by atoms with van der Waals surface area (Å²) in [7, 11) is 4.04. The largest absolute Gasteiger partial charge is 0.496 e. The molecule has 0 aliphatic rings. The van der Waals surface area contributed by atoms with Gasteiger partial charge in [0.25, 0.3) is 11.8 Å². The van der Waals surface area contributed by atoms with E-state index < -0.39 is 23.8 Å². The van der Waals surface area contributed by atoms with Gasteiger partial charge in [-0.25, -0.2) is 19.5 Å². The van der Waals surface area contributed by atoms with Crippen molar-refractivity contribution in [1.29, 1.82) is 0 Å². The number of ether oxygens (including phenoxy) is 4. The number of amides is 2. The van der Waals surface area contributed by atoms with Crippen molar-refractivity contribution in [1.82, 2.24) is 4.98 Å². The summed E-state index contributed by atoms with van der Waals surface area (Å²) >= 11 is 27.5. The van der Waals surface area contributed by atoms with E-state index in [9.17, 15) is 19.2 Å². The minimum absolute atomic E-state index is 0.00295. The quantitative estimate of drug-likeness (QED) is 0.0469. The van der Waals surface area contributed by atoms with E-state index >= 15 is 0 Å². The van der Waals surface area contributed by atoms with Gasteiger partial charge >= 0.3 is 11.9 Å². The summed E-state index contributed by atoms with van der Waals surface area (Å²) in [4.78, 5) is 58.8. The molecule has 1 atom stereocenters. The zero-order valence-electron chi connectivity index (χ0n) is 32.5. The lowest BCUT2D eigenvalue weighted by atomic mass is 10.0. The minimum Gasteiger partial charge on any atom is -0.496 e. The van der Waals surface area contributed by atoms with Crippen LogP contribution < -0.4 is 9.64 Å². The molecule has 10 nitrogen and oxygen atoms in total. The first-order valence-electron chi connectivity index (χ1n) is 17.8. The van der Waals surface area contributed by atoms with Gasteiger partial charge in [-0.05, 0) is 69.7 Å². The number of halogens is 4. The van der Waals surface area contributed by atoms with E-state index in [2.05, 4.69) is 6.92 Å². The number of methoxy groups -OCH3 is 3. The number of esters is 2. The molecule has 1 heterocycles. The average molecular weight is 877 g/mol. The van der Waals surface area contributed by atoms with Crippen LogP contribution in [-0.4, -0.2) is 56.7 Å². The molecule has 0 saturated heterocycles. The van der Waals surface area contributed by atoms with Gasteiger partial charge in [-0.1, -0.05) is 84.7 Å². The smallest absolute Gasteiger partial charge is 0.333 e. The van der Waals surface area contributed by atoms with Crippen molar-refractivity contribution < 1.29 is 38.1 Å². The third kappa shape index (κ3) is 11.0. The maximum absolute atomic E-state index is 14.5. The van der Waals surface area contributed by atoms with Crippen molar-refractivity contribution in [3.8, 4) is 17.0 Å². The topological polar surface area (TPSA) is 121 Å². The number of imide groups is 1. The first-order chi connectivity index (χ1) is 27.2. The van der Waals surface area contributed by atoms with Crippen LogP contribution in [0.5, 0.6) is 5.75 Å². The molecular formula is C42H42Cl4N2O8S. The molecule has 4 rings (SSSR count). The first kappa shape index (κ1) is 45.5. The lowest BCUT2D eigenvalue weighted by molar-refractivity contribution is -0.136. The van der Waals surface area contributed by atoms with E-state index in [0.29, 0.717) is 23.6 Å². The van der Waals surface area contributed by atoms with Crippen LogP contribution in [0.15, 0.2) is 59.0 Å². The number of carbonyl (C=O) groups excluding carboxylic acids is 4. The Morgan fingerprint density at radius 3 is 1.75 bits per heavy atom. The number of thiazole rings is 1. The number of unbranched alkanes of at least 4 members (excludes halogenated alkanes) is 3. The fraction of sp³-hybridized carbons (Fsp3) is 0.310. The molecule has 0 aliphatic heterocycles. The molecule has 0 radical (unpaired) electrons. The fourth-order valence-corrected chi connectivity index (χ4v) is 7.77. The van der Waals surface area contributed by atoms with Crippen LogP contribution in [0.4, 0.5) is 5.13 Å². The highest BCUT2D eigenvalue weighted by Crippen LogP contribution is 2.40. The van der Waals surface area contributed by atoms with Crippen LogP contribution in [-0.2, 0) is 23.8 Å². The average Bonchev–Trinajstić information content (AvgIpc) is 3.68. The van der Waals surface area contributed by atoms with Crippen LogP contribution in [0.2, 0.25) is 20.1 Å². The van der Waals surface area contributed by atoms with Crippen LogP contribution in [0, 0.1) is 0 Å². The van der Waals surface area contributed by atoms with Crippen molar-refractivity contribution in [3.05, 3.63) is 107 Å². The maximum atomic E-state index is 14.5. The molecule has 2 amide bonds. The van der Waals surface area contributed by atoms with Crippen LogP contribution in [0.1, 0.15) is 96.9 Å². The lowest BCUT2D eigenvalue weighted by Crippen LogP contribution is -2.37. The van der Waals surface area contributed by atoms with Crippen molar-refractivity contribution in [2.75, 3.05) is 32.8 Å². The zero-order chi connectivity index (χ0) is 42.0. The van der Waals surface area contributed by atoms with Crippen LogP contribution in [0.25, 0.3) is 23.4 Å². The van der Waals surface area contributed by atoms with Crippen molar-refractivity contribution in [2.45, 2.75) is 59.5 Å². The molecule has 0 spiro atoms. The van der Waals surface area contributed by atoms with Gasteiger partial charge in [0.1, 0.15) is 5.75 Å². The van der Waals surface area contributed by atoms with E-state index in [-0.39, 0.29) is 64.7 Å². The molecule has 0 unspecified atom stereocenters. The van der Waals surface area contributed by atoms with Gasteiger partial charge in [0.05, 0.1) is 53.2 Å². The lowest BCUT2D eigenvalue weighted by Gasteiger charge is -2.20. The molecule has 57 heavy (non-hydrogen) atoms. The van der Waals surface area contributed by atoms with Crippen LogP contribution >= 0.6 is 57.7 Å². The second-order valence-electron chi connectivity index (χ2n) is 12.8. The van der Waals surface area contributed by atoms with Gasteiger partial charge in [0.2, 0.25) is 0 Å². The Balaban J connectivity index is 1.83. The van der Waals surface area contributed by atoms with E-state index in [1.807, 2.05) is 25.1 Å². The Bertz CT molecular complexity index is 2070. The normalized spacial score (nSPS) is 12.3. The summed E-state index contributed by atoms with van der Waals surface area (Å²) in [5, 5.41) is 1.84. The van der Waals surface area contributed by atoms with Gasteiger partial charge in [-0.15, -0.1) is 11.3 Å². The van der Waals surface area contributed by atoms with Crippen LogP contribution in [0.3, 0.4) is 0 Å². The Morgan fingerprint density at radius 2 is 1.30 bits per heavy atom. The molecule has 0 saturated carbocycles. The predicted octanol–water partition coefficient (Wildman–Crippen LogP) is 11.7. The molecule has 3 aromatic carbocycles. The Hall–Kier alpha value is -4.23. The summed E-state index contributed by atoms with van der Waals surface area (Å²) in [6, 6.07) is 10.9. The molecule has 0 bridgehead atoms. The van der Waals surface area contributed by atoms with Gasteiger partial charge in [0.15, 0.2) is 5.13 Å². The van der Waals surface area contributed by atoms with E-state index in [0.717, 1.165) is 47.5 Å². The number of anilines is 1. The number of para-hydroxylation sites is 1. The van der Waals surface area contributed by atoms with Crippen molar-refractivity contribution in [3.63, 3.8) is 0 Å². The van der Waals surface area contributed by atoms with Gasteiger partial charge in [0, 0.05) is 56.5 Å².